The number of nitrogens with zero attached hydrogens (tertiary/aromatic N) is 1. The molecule has 0 fully saturated rings. The third kappa shape index (κ3) is 5.07. The Hall–Kier alpha value is -0.250. The normalized spacial score (nSPS) is 11.0. The Balaban J connectivity index is 3.88. The van der Waals surface area contributed by atoms with Crippen LogP contribution in [-0.4, -0.2) is 22.2 Å². The van der Waals surface area contributed by atoms with Crippen LogP contribution in [0.15, 0.2) is 0 Å². The SMILES string of the molecule is CCN(Br)C(=O)OC(C)(C)C. The van der Waals surface area contributed by atoms with E-state index in [2.05, 4.69) is 16.1 Å². The van der Waals surface area contributed by atoms with Gasteiger partial charge in [-0.3, -0.25) is 0 Å². The monoisotopic (exact) mass is 223 g/mol. The van der Waals surface area contributed by atoms with Crippen molar-refractivity contribution in [1.82, 2.24) is 3.93 Å². The van der Waals surface area contributed by atoms with Crippen molar-refractivity contribution in [2.75, 3.05) is 6.54 Å². The number of amides is 1. The van der Waals surface area contributed by atoms with E-state index >= 15 is 0 Å². The van der Waals surface area contributed by atoms with Crippen molar-refractivity contribution in [1.29, 1.82) is 0 Å². The van der Waals surface area contributed by atoms with Crippen molar-refractivity contribution < 1.29 is 9.53 Å². The molecule has 4 heteroatoms. The molecule has 66 valence electrons. The summed E-state index contributed by atoms with van der Waals surface area (Å²) in [6.45, 7) is 7.96. The first-order chi connectivity index (χ1) is 4.87. The Morgan fingerprint density at radius 3 is 2.27 bits per heavy atom. The second-order valence-corrected chi connectivity index (χ2v) is 4.01. The van der Waals surface area contributed by atoms with E-state index in [0.717, 1.165) is 0 Å². The van der Waals surface area contributed by atoms with Crippen LogP contribution < -0.4 is 0 Å². The molecule has 0 saturated heterocycles. The van der Waals surface area contributed by atoms with Crippen LogP contribution in [0, 0.1) is 0 Å². The van der Waals surface area contributed by atoms with E-state index in [1.807, 2.05) is 27.7 Å². The second kappa shape index (κ2) is 3.95. The molecule has 0 aliphatic rings. The number of hydrogen-bond acceptors (Lipinski definition) is 2. The van der Waals surface area contributed by atoms with Gasteiger partial charge in [0.25, 0.3) is 0 Å². The zero-order valence-corrected chi connectivity index (χ0v) is 8.93. The van der Waals surface area contributed by atoms with Crippen molar-refractivity contribution in [3.05, 3.63) is 0 Å². The van der Waals surface area contributed by atoms with Gasteiger partial charge in [-0.15, -0.1) is 0 Å². The summed E-state index contributed by atoms with van der Waals surface area (Å²) in [5.41, 5.74) is -0.418. The molecular weight excluding hydrogens is 210 g/mol. The van der Waals surface area contributed by atoms with Gasteiger partial charge in [0.2, 0.25) is 0 Å². The second-order valence-electron chi connectivity index (χ2n) is 3.16. The number of ether oxygens (including phenoxy) is 1. The fourth-order valence-corrected chi connectivity index (χ4v) is 0.513. The first-order valence-electron chi connectivity index (χ1n) is 3.53. The lowest BCUT2D eigenvalue weighted by Crippen LogP contribution is -2.30. The van der Waals surface area contributed by atoms with Gasteiger partial charge in [0.1, 0.15) is 5.60 Å². The van der Waals surface area contributed by atoms with E-state index in [1.54, 1.807) is 0 Å². The summed E-state index contributed by atoms with van der Waals surface area (Å²) >= 11 is 3.05. The van der Waals surface area contributed by atoms with Crippen LogP contribution in [-0.2, 0) is 4.74 Å². The fraction of sp³-hybridized carbons (Fsp3) is 0.857. The Morgan fingerprint density at radius 1 is 1.55 bits per heavy atom. The molecule has 0 aromatic carbocycles. The first kappa shape index (κ1) is 10.8. The molecule has 0 aromatic heterocycles. The predicted octanol–water partition coefficient (Wildman–Crippen LogP) is 2.55. The van der Waals surface area contributed by atoms with Gasteiger partial charge in [0.05, 0.1) is 16.1 Å². The van der Waals surface area contributed by atoms with E-state index in [1.165, 1.54) is 3.93 Å². The third-order valence-corrected chi connectivity index (χ3v) is 1.66. The number of halogens is 1. The van der Waals surface area contributed by atoms with Gasteiger partial charge in [-0.2, -0.15) is 0 Å². The van der Waals surface area contributed by atoms with E-state index in [4.69, 9.17) is 4.74 Å². The molecule has 1 amide bonds. The van der Waals surface area contributed by atoms with Crippen LogP contribution in [0.4, 0.5) is 4.79 Å². The number of carbonyl (C=O) groups is 1. The van der Waals surface area contributed by atoms with E-state index in [0.29, 0.717) is 6.54 Å². The molecule has 0 radical (unpaired) electrons. The molecule has 11 heavy (non-hydrogen) atoms. The van der Waals surface area contributed by atoms with Gasteiger partial charge >= 0.3 is 6.09 Å². The van der Waals surface area contributed by atoms with Gasteiger partial charge in [0, 0.05) is 6.54 Å². The molecule has 0 rings (SSSR count). The van der Waals surface area contributed by atoms with Crippen molar-refractivity contribution in [3.8, 4) is 0 Å². The van der Waals surface area contributed by atoms with Gasteiger partial charge in [-0.1, -0.05) is 0 Å². The number of hydrogen-bond donors (Lipinski definition) is 0. The Morgan fingerprint density at radius 2 is 2.00 bits per heavy atom. The molecule has 0 aliphatic carbocycles. The Bertz CT molecular complexity index is 142. The molecule has 0 unspecified atom stereocenters. The summed E-state index contributed by atoms with van der Waals surface area (Å²) in [6, 6.07) is 0. The van der Waals surface area contributed by atoms with Gasteiger partial charge in [-0.05, 0) is 27.7 Å². The van der Waals surface area contributed by atoms with Gasteiger partial charge in [-0.25, -0.2) is 8.72 Å². The lowest BCUT2D eigenvalue weighted by Gasteiger charge is -2.22. The molecule has 0 spiro atoms. The molecule has 0 N–H and O–H groups in total. The minimum Gasteiger partial charge on any atom is -0.443 e. The maximum Gasteiger partial charge on any atom is 0.420 e. The smallest absolute Gasteiger partial charge is 0.420 e. The molecule has 0 aliphatic heterocycles. The molecule has 0 bridgehead atoms. The first-order valence-corrected chi connectivity index (χ1v) is 4.24. The van der Waals surface area contributed by atoms with Crippen LogP contribution in [0.3, 0.4) is 0 Å². The minimum atomic E-state index is -0.418. The quantitative estimate of drug-likeness (QED) is 0.640. The fourth-order valence-electron chi connectivity index (χ4n) is 0.441. The molecule has 0 aromatic rings. The average Bonchev–Trinajstić information content (AvgIpc) is 1.82. The summed E-state index contributed by atoms with van der Waals surface area (Å²) in [4.78, 5) is 11.0. The average molecular weight is 224 g/mol. The van der Waals surface area contributed by atoms with E-state index in [-0.39, 0.29) is 6.09 Å². The van der Waals surface area contributed by atoms with Crippen LogP contribution in [0.5, 0.6) is 0 Å². The van der Waals surface area contributed by atoms with Gasteiger partial charge in [0.15, 0.2) is 0 Å². The summed E-state index contributed by atoms with van der Waals surface area (Å²) < 4.78 is 6.38. The van der Waals surface area contributed by atoms with Crippen molar-refractivity contribution in [2.45, 2.75) is 33.3 Å². The lowest BCUT2D eigenvalue weighted by molar-refractivity contribution is 0.0421. The largest absolute Gasteiger partial charge is 0.443 e. The zero-order chi connectivity index (χ0) is 9.07. The predicted molar refractivity (Wildman–Crippen MR) is 47.5 cm³/mol. The number of rotatable bonds is 1. The van der Waals surface area contributed by atoms with Crippen LogP contribution >= 0.6 is 16.1 Å². The Kier molecular flexibility index (Phi) is 3.86. The van der Waals surface area contributed by atoms with Crippen LogP contribution in [0.1, 0.15) is 27.7 Å². The highest BCUT2D eigenvalue weighted by molar-refractivity contribution is 9.07. The highest BCUT2D eigenvalue weighted by atomic mass is 79.9. The highest BCUT2D eigenvalue weighted by Gasteiger charge is 2.19. The summed E-state index contributed by atoms with van der Waals surface area (Å²) in [6.07, 6.45) is -0.347. The number of carbonyl (C=O) groups excluding carboxylic acids is 1. The topological polar surface area (TPSA) is 29.5 Å². The maximum absolute atomic E-state index is 11.0. The van der Waals surface area contributed by atoms with Crippen molar-refractivity contribution in [3.63, 3.8) is 0 Å². The minimum absolute atomic E-state index is 0.347. The van der Waals surface area contributed by atoms with Crippen LogP contribution in [0.25, 0.3) is 0 Å². The maximum atomic E-state index is 11.0. The third-order valence-electron chi connectivity index (χ3n) is 0.869. The molecule has 3 nitrogen and oxygen atoms in total. The summed E-state index contributed by atoms with van der Waals surface area (Å²) in [5.74, 6) is 0. The standard InChI is InChI=1S/C7H14BrNO2/c1-5-9(8)6(10)11-7(2,3)4/h5H2,1-4H3. The van der Waals surface area contributed by atoms with Gasteiger partial charge < -0.3 is 4.74 Å². The van der Waals surface area contributed by atoms with E-state index in [9.17, 15) is 4.79 Å². The van der Waals surface area contributed by atoms with Crippen molar-refractivity contribution in [2.24, 2.45) is 0 Å². The molecule has 0 atom stereocenters. The van der Waals surface area contributed by atoms with E-state index < -0.39 is 5.60 Å². The zero-order valence-electron chi connectivity index (χ0n) is 7.35. The summed E-state index contributed by atoms with van der Waals surface area (Å²) in [7, 11) is 0. The van der Waals surface area contributed by atoms with Crippen LogP contribution in [0.2, 0.25) is 0 Å². The Labute approximate surface area is 76.0 Å². The molecule has 0 heterocycles. The van der Waals surface area contributed by atoms with Crippen molar-refractivity contribution >= 4 is 22.2 Å². The molecular formula is C7H14BrNO2. The highest BCUT2D eigenvalue weighted by Crippen LogP contribution is 2.11. The summed E-state index contributed by atoms with van der Waals surface area (Å²) in [5, 5.41) is 0. The molecule has 0 saturated carbocycles. The lowest BCUT2D eigenvalue weighted by atomic mass is 10.2.